The molecule has 1 aromatic heterocycles. The van der Waals surface area contributed by atoms with Crippen LogP contribution in [0.5, 0.6) is 5.75 Å². The number of hydrogen-bond donors (Lipinski definition) is 2. The summed E-state index contributed by atoms with van der Waals surface area (Å²) in [6, 6.07) is 15.0. The standard InChI is InChI=1S/C20H19FN4O3/c21-15-6-4-5-14(13-15)19-23-20(27)17(24-25-19)9-10-18(26)22-11-12-28-16-7-2-1-3-8-16/h1-8,13H,9-12H2,(H,22,26)(H,23,25,27). The molecule has 0 saturated heterocycles. The van der Waals surface area contributed by atoms with Gasteiger partial charge in [-0.05, 0) is 24.3 Å². The van der Waals surface area contributed by atoms with Crippen molar-refractivity contribution in [2.75, 3.05) is 13.2 Å². The van der Waals surface area contributed by atoms with Crippen molar-refractivity contribution < 1.29 is 13.9 Å². The molecule has 8 heteroatoms. The number of halogens is 1. The molecule has 0 radical (unpaired) electrons. The summed E-state index contributed by atoms with van der Waals surface area (Å²) < 4.78 is 18.8. The van der Waals surface area contributed by atoms with Crippen LogP contribution in [-0.4, -0.2) is 34.2 Å². The largest absolute Gasteiger partial charge is 0.492 e. The number of amides is 1. The molecule has 0 atom stereocenters. The van der Waals surface area contributed by atoms with Gasteiger partial charge >= 0.3 is 0 Å². The van der Waals surface area contributed by atoms with Crippen molar-refractivity contribution in [2.24, 2.45) is 0 Å². The van der Waals surface area contributed by atoms with E-state index in [2.05, 4.69) is 20.5 Å². The summed E-state index contributed by atoms with van der Waals surface area (Å²) in [5.41, 5.74) is 0.123. The summed E-state index contributed by atoms with van der Waals surface area (Å²) in [5.74, 6) is 0.261. The maximum absolute atomic E-state index is 13.3. The molecule has 3 rings (SSSR count). The number of hydrogen-bond acceptors (Lipinski definition) is 5. The van der Waals surface area contributed by atoms with Crippen molar-refractivity contribution in [1.29, 1.82) is 0 Å². The summed E-state index contributed by atoms with van der Waals surface area (Å²) in [6.45, 7) is 0.701. The van der Waals surface area contributed by atoms with Gasteiger partial charge in [0.05, 0.1) is 6.54 Å². The lowest BCUT2D eigenvalue weighted by atomic mass is 10.2. The van der Waals surface area contributed by atoms with Gasteiger partial charge in [0.1, 0.15) is 23.9 Å². The summed E-state index contributed by atoms with van der Waals surface area (Å²) in [7, 11) is 0. The van der Waals surface area contributed by atoms with Crippen LogP contribution in [-0.2, 0) is 11.2 Å². The molecule has 0 aliphatic carbocycles. The van der Waals surface area contributed by atoms with Gasteiger partial charge in [0, 0.05) is 18.4 Å². The Kier molecular flexibility index (Phi) is 6.46. The zero-order chi connectivity index (χ0) is 19.8. The third-order valence-electron chi connectivity index (χ3n) is 3.89. The maximum atomic E-state index is 13.3. The number of carbonyl (C=O) groups excluding carboxylic acids is 1. The van der Waals surface area contributed by atoms with Crippen molar-refractivity contribution in [3.05, 3.63) is 76.5 Å². The minimum atomic E-state index is -0.450. The van der Waals surface area contributed by atoms with Crippen molar-refractivity contribution >= 4 is 5.91 Å². The van der Waals surface area contributed by atoms with Crippen molar-refractivity contribution in [1.82, 2.24) is 20.5 Å². The van der Waals surface area contributed by atoms with Crippen LogP contribution in [0.4, 0.5) is 4.39 Å². The molecule has 144 valence electrons. The van der Waals surface area contributed by atoms with E-state index in [4.69, 9.17) is 4.74 Å². The van der Waals surface area contributed by atoms with E-state index < -0.39 is 11.4 Å². The molecular formula is C20H19FN4O3. The normalized spacial score (nSPS) is 10.5. The average Bonchev–Trinajstić information content (AvgIpc) is 2.71. The fourth-order valence-electron chi connectivity index (χ4n) is 2.49. The highest BCUT2D eigenvalue weighted by atomic mass is 19.1. The van der Waals surface area contributed by atoms with Crippen LogP contribution in [0.25, 0.3) is 11.4 Å². The van der Waals surface area contributed by atoms with Crippen molar-refractivity contribution in [3.8, 4) is 17.1 Å². The maximum Gasteiger partial charge on any atom is 0.273 e. The first-order valence-corrected chi connectivity index (χ1v) is 8.78. The number of H-pyrrole nitrogens is 1. The van der Waals surface area contributed by atoms with E-state index in [1.165, 1.54) is 18.2 Å². The third kappa shape index (κ3) is 5.47. The SMILES string of the molecule is O=C(CCc1nnc(-c2cccc(F)c2)[nH]c1=O)NCCOc1ccccc1. The first-order valence-electron chi connectivity index (χ1n) is 8.78. The van der Waals surface area contributed by atoms with Crippen LogP contribution in [0, 0.1) is 5.82 Å². The topological polar surface area (TPSA) is 97.0 Å². The second kappa shape index (κ2) is 9.40. The van der Waals surface area contributed by atoms with E-state index in [0.717, 1.165) is 5.75 Å². The third-order valence-corrected chi connectivity index (χ3v) is 3.89. The second-order valence-electron chi connectivity index (χ2n) is 5.97. The Hall–Kier alpha value is -3.55. The van der Waals surface area contributed by atoms with Crippen molar-refractivity contribution in [3.63, 3.8) is 0 Å². The van der Waals surface area contributed by atoms with Gasteiger partial charge in [-0.2, -0.15) is 0 Å². The van der Waals surface area contributed by atoms with E-state index in [1.807, 2.05) is 30.3 Å². The summed E-state index contributed by atoms with van der Waals surface area (Å²) in [5, 5.41) is 10.5. The van der Waals surface area contributed by atoms with Crippen LogP contribution in [0.1, 0.15) is 12.1 Å². The quantitative estimate of drug-likeness (QED) is 0.582. The van der Waals surface area contributed by atoms with Crippen molar-refractivity contribution in [2.45, 2.75) is 12.8 Å². The minimum Gasteiger partial charge on any atom is -0.492 e. The number of nitrogens with zero attached hydrogens (tertiary/aromatic N) is 2. The van der Waals surface area contributed by atoms with Gasteiger partial charge in [-0.25, -0.2) is 4.39 Å². The molecule has 3 aromatic rings. The fraction of sp³-hybridized carbons (Fsp3) is 0.200. The predicted octanol–water partition coefficient (Wildman–Crippen LogP) is 2.10. The molecule has 2 N–H and O–H groups in total. The molecule has 0 bridgehead atoms. The summed E-state index contributed by atoms with van der Waals surface area (Å²) >= 11 is 0. The first kappa shape index (κ1) is 19.2. The lowest BCUT2D eigenvalue weighted by Gasteiger charge is -2.07. The zero-order valence-corrected chi connectivity index (χ0v) is 15.0. The fourth-order valence-corrected chi connectivity index (χ4v) is 2.49. The number of rotatable bonds is 8. The van der Waals surface area contributed by atoms with Crippen LogP contribution in [0.15, 0.2) is 59.4 Å². The highest BCUT2D eigenvalue weighted by molar-refractivity contribution is 5.76. The summed E-state index contributed by atoms with van der Waals surface area (Å²) in [6.07, 6.45) is 0.250. The molecular weight excluding hydrogens is 363 g/mol. The van der Waals surface area contributed by atoms with Gasteiger partial charge in [-0.15, -0.1) is 10.2 Å². The molecule has 0 saturated carbocycles. The van der Waals surface area contributed by atoms with Crippen LogP contribution in [0.3, 0.4) is 0 Å². The number of para-hydroxylation sites is 1. The Morgan fingerprint density at radius 2 is 1.93 bits per heavy atom. The van der Waals surface area contributed by atoms with E-state index in [1.54, 1.807) is 6.07 Å². The number of aromatic amines is 1. The Balaban J connectivity index is 1.46. The highest BCUT2D eigenvalue weighted by Gasteiger charge is 2.10. The highest BCUT2D eigenvalue weighted by Crippen LogP contribution is 2.13. The lowest BCUT2D eigenvalue weighted by Crippen LogP contribution is -2.29. The number of ether oxygens (including phenoxy) is 1. The van der Waals surface area contributed by atoms with Gasteiger partial charge in [0.25, 0.3) is 5.56 Å². The number of benzene rings is 2. The van der Waals surface area contributed by atoms with E-state index >= 15 is 0 Å². The predicted molar refractivity (Wildman–Crippen MR) is 101 cm³/mol. The molecule has 1 heterocycles. The number of carbonyl (C=O) groups is 1. The molecule has 28 heavy (non-hydrogen) atoms. The monoisotopic (exact) mass is 382 g/mol. The smallest absolute Gasteiger partial charge is 0.273 e. The Labute approximate surface area is 160 Å². The summed E-state index contributed by atoms with van der Waals surface area (Å²) in [4.78, 5) is 26.6. The Bertz CT molecular complexity index is 992. The number of aromatic nitrogens is 3. The van der Waals surface area contributed by atoms with E-state index in [-0.39, 0.29) is 30.3 Å². The average molecular weight is 382 g/mol. The molecule has 1 amide bonds. The van der Waals surface area contributed by atoms with E-state index in [0.29, 0.717) is 18.7 Å². The van der Waals surface area contributed by atoms with Crippen LogP contribution < -0.4 is 15.6 Å². The Morgan fingerprint density at radius 3 is 2.68 bits per heavy atom. The van der Waals surface area contributed by atoms with Gasteiger partial charge in [0.2, 0.25) is 5.91 Å². The molecule has 0 aliphatic heterocycles. The molecule has 0 spiro atoms. The lowest BCUT2D eigenvalue weighted by molar-refractivity contribution is -0.121. The van der Waals surface area contributed by atoms with Gasteiger partial charge < -0.3 is 15.0 Å². The minimum absolute atomic E-state index is 0.0996. The van der Waals surface area contributed by atoms with Gasteiger partial charge in [-0.1, -0.05) is 30.3 Å². The van der Waals surface area contributed by atoms with E-state index in [9.17, 15) is 14.0 Å². The van der Waals surface area contributed by atoms with Crippen LogP contribution >= 0.6 is 0 Å². The number of aryl methyl sites for hydroxylation is 1. The van der Waals surface area contributed by atoms with Gasteiger partial charge in [0.15, 0.2) is 5.82 Å². The zero-order valence-electron chi connectivity index (χ0n) is 15.0. The molecule has 7 nitrogen and oxygen atoms in total. The number of nitrogens with one attached hydrogen (secondary N) is 2. The molecule has 0 unspecified atom stereocenters. The Morgan fingerprint density at radius 1 is 1.11 bits per heavy atom. The molecule has 0 fully saturated rings. The first-order chi connectivity index (χ1) is 13.6. The molecule has 0 aliphatic rings. The van der Waals surface area contributed by atoms with Gasteiger partial charge in [-0.3, -0.25) is 9.59 Å². The second-order valence-corrected chi connectivity index (χ2v) is 5.97. The van der Waals surface area contributed by atoms with Crippen LogP contribution in [0.2, 0.25) is 0 Å². The molecule has 2 aromatic carbocycles.